The Bertz CT molecular complexity index is 231. The molecule has 1 N–H and O–H groups in total. The van der Waals surface area contributed by atoms with Crippen LogP contribution in [0.2, 0.25) is 0 Å². The minimum atomic E-state index is -0.813. The molecule has 3 nitrogen and oxygen atoms in total. The first-order valence-electron chi connectivity index (χ1n) is 5.26. The third-order valence-electron chi connectivity index (χ3n) is 2.65. The maximum atomic E-state index is 10.5. The molecule has 0 aliphatic heterocycles. The second-order valence-electron chi connectivity index (χ2n) is 3.99. The number of carboxylic acids is 1. The van der Waals surface area contributed by atoms with E-state index in [4.69, 9.17) is 5.11 Å². The van der Waals surface area contributed by atoms with Crippen LogP contribution in [-0.4, -0.2) is 35.6 Å². The van der Waals surface area contributed by atoms with E-state index in [0.717, 1.165) is 25.6 Å². The van der Waals surface area contributed by atoms with Crippen molar-refractivity contribution in [2.24, 2.45) is 5.92 Å². The summed E-state index contributed by atoms with van der Waals surface area (Å²) in [5.74, 6) is 0.0564. The molecule has 3 heteroatoms. The predicted molar refractivity (Wildman–Crippen MR) is 56.2 cm³/mol. The molecular weight excluding hydrogens is 178 g/mol. The van der Waals surface area contributed by atoms with E-state index in [1.165, 1.54) is 12.8 Å². The topological polar surface area (TPSA) is 40.5 Å². The first-order valence-corrected chi connectivity index (χ1v) is 5.26. The Morgan fingerprint density at radius 3 is 2.64 bits per heavy atom. The molecule has 1 fully saturated rings. The molecule has 0 bridgehead atoms. The fourth-order valence-corrected chi connectivity index (χ4v) is 1.35. The van der Waals surface area contributed by atoms with Crippen molar-refractivity contribution >= 4 is 5.97 Å². The Kier molecular flexibility index (Phi) is 4.14. The van der Waals surface area contributed by atoms with Gasteiger partial charge >= 0.3 is 5.97 Å². The van der Waals surface area contributed by atoms with Gasteiger partial charge < -0.3 is 5.11 Å². The SMILES string of the molecule is CCN(CC=C(C)C(=O)O)CC1CC1. The molecule has 1 aliphatic carbocycles. The van der Waals surface area contributed by atoms with Crippen molar-refractivity contribution in [3.8, 4) is 0 Å². The van der Waals surface area contributed by atoms with Gasteiger partial charge in [-0.25, -0.2) is 4.79 Å². The van der Waals surface area contributed by atoms with E-state index in [0.29, 0.717) is 5.57 Å². The third kappa shape index (κ3) is 3.92. The van der Waals surface area contributed by atoms with Crippen LogP contribution in [0.1, 0.15) is 26.7 Å². The average molecular weight is 197 g/mol. The molecule has 0 radical (unpaired) electrons. The minimum Gasteiger partial charge on any atom is -0.478 e. The summed E-state index contributed by atoms with van der Waals surface area (Å²) in [4.78, 5) is 12.8. The van der Waals surface area contributed by atoms with Crippen molar-refractivity contribution in [3.05, 3.63) is 11.6 Å². The summed E-state index contributed by atoms with van der Waals surface area (Å²) in [5.41, 5.74) is 0.444. The van der Waals surface area contributed by atoms with Gasteiger partial charge in [-0.1, -0.05) is 13.0 Å². The van der Waals surface area contributed by atoms with Crippen LogP contribution in [0.3, 0.4) is 0 Å². The lowest BCUT2D eigenvalue weighted by Crippen LogP contribution is -2.26. The molecule has 0 unspecified atom stereocenters. The second kappa shape index (κ2) is 5.15. The van der Waals surface area contributed by atoms with Gasteiger partial charge in [-0.05, 0) is 32.2 Å². The Hall–Kier alpha value is -0.830. The lowest BCUT2D eigenvalue weighted by Gasteiger charge is -2.17. The first kappa shape index (κ1) is 11.2. The van der Waals surface area contributed by atoms with Crippen molar-refractivity contribution in [2.75, 3.05) is 19.6 Å². The summed E-state index contributed by atoms with van der Waals surface area (Å²) >= 11 is 0. The van der Waals surface area contributed by atoms with Crippen LogP contribution in [0, 0.1) is 5.92 Å². The van der Waals surface area contributed by atoms with E-state index < -0.39 is 5.97 Å². The standard InChI is InChI=1S/C11H19NO2/c1-3-12(8-10-4-5-10)7-6-9(2)11(13)14/h6,10H,3-5,7-8H2,1-2H3,(H,13,14). The summed E-state index contributed by atoms with van der Waals surface area (Å²) in [6, 6.07) is 0. The van der Waals surface area contributed by atoms with Gasteiger partial charge in [0, 0.05) is 18.7 Å². The van der Waals surface area contributed by atoms with Crippen molar-refractivity contribution in [1.82, 2.24) is 4.90 Å². The molecular formula is C11H19NO2. The number of rotatable bonds is 6. The zero-order valence-corrected chi connectivity index (χ0v) is 8.99. The maximum absolute atomic E-state index is 10.5. The molecule has 1 aliphatic rings. The van der Waals surface area contributed by atoms with Crippen LogP contribution >= 0.6 is 0 Å². The fraction of sp³-hybridized carbons (Fsp3) is 0.727. The van der Waals surface area contributed by atoms with E-state index in [1.807, 2.05) is 0 Å². The monoisotopic (exact) mass is 197 g/mol. The largest absolute Gasteiger partial charge is 0.478 e. The van der Waals surface area contributed by atoms with Crippen LogP contribution in [0.25, 0.3) is 0 Å². The Balaban J connectivity index is 2.31. The first-order chi connectivity index (χ1) is 6.63. The fourth-order valence-electron chi connectivity index (χ4n) is 1.35. The number of likely N-dealkylation sites (N-methyl/N-ethyl adjacent to an activating group) is 1. The molecule has 0 aromatic rings. The molecule has 80 valence electrons. The van der Waals surface area contributed by atoms with Crippen LogP contribution < -0.4 is 0 Å². The predicted octanol–water partition coefficient (Wildman–Crippen LogP) is 1.75. The van der Waals surface area contributed by atoms with Crippen LogP contribution in [0.15, 0.2) is 11.6 Å². The Labute approximate surface area is 85.4 Å². The van der Waals surface area contributed by atoms with E-state index in [-0.39, 0.29) is 0 Å². The smallest absolute Gasteiger partial charge is 0.330 e. The average Bonchev–Trinajstić information content (AvgIpc) is 2.95. The van der Waals surface area contributed by atoms with Gasteiger partial charge in [0.15, 0.2) is 0 Å². The summed E-state index contributed by atoms with van der Waals surface area (Å²) in [7, 11) is 0. The molecule has 14 heavy (non-hydrogen) atoms. The van der Waals surface area contributed by atoms with Crippen LogP contribution in [-0.2, 0) is 4.79 Å². The lowest BCUT2D eigenvalue weighted by molar-refractivity contribution is -0.132. The molecule has 0 aromatic heterocycles. The molecule has 0 spiro atoms. The highest BCUT2D eigenvalue weighted by atomic mass is 16.4. The van der Waals surface area contributed by atoms with Gasteiger partial charge in [-0.2, -0.15) is 0 Å². The number of carbonyl (C=O) groups is 1. The highest BCUT2D eigenvalue weighted by molar-refractivity contribution is 5.85. The second-order valence-corrected chi connectivity index (χ2v) is 3.99. The molecule has 0 heterocycles. The van der Waals surface area contributed by atoms with Crippen molar-refractivity contribution in [2.45, 2.75) is 26.7 Å². The quantitative estimate of drug-likeness (QED) is 0.659. The normalized spacial score (nSPS) is 17.5. The van der Waals surface area contributed by atoms with Crippen molar-refractivity contribution in [3.63, 3.8) is 0 Å². The summed E-state index contributed by atoms with van der Waals surface area (Å²) in [6.07, 6.45) is 4.49. The zero-order valence-electron chi connectivity index (χ0n) is 8.99. The molecule has 0 saturated heterocycles. The number of hydrogen-bond donors (Lipinski definition) is 1. The molecule has 0 amide bonds. The van der Waals surface area contributed by atoms with E-state index in [9.17, 15) is 4.79 Å². The van der Waals surface area contributed by atoms with Gasteiger partial charge in [-0.15, -0.1) is 0 Å². The van der Waals surface area contributed by atoms with Gasteiger partial charge in [0.25, 0.3) is 0 Å². The van der Waals surface area contributed by atoms with Crippen LogP contribution in [0.4, 0.5) is 0 Å². The number of nitrogens with zero attached hydrogens (tertiary/aromatic N) is 1. The Morgan fingerprint density at radius 2 is 2.21 bits per heavy atom. The van der Waals surface area contributed by atoms with Crippen molar-refractivity contribution in [1.29, 1.82) is 0 Å². The number of carboxylic acid groups (broad SMARTS) is 1. The third-order valence-corrected chi connectivity index (χ3v) is 2.65. The van der Waals surface area contributed by atoms with E-state index in [2.05, 4.69) is 11.8 Å². The summed E-state index contributed by atoms with van der Waals surface area (Å²) < 4.78 is 0. The highest BCUT2D eigenvalue weighted by Gasteiger charge is 2.23. The van der Waals surface area contributed by atoms with E-state index in [1.54, 1.807) is 13.0 Å². The van der Waals surface area contributed by atoms with Crippen molar-refractivity contribution < 1.29 is 9.90 Å². The zero-order chi connectivity index (χ0) is 10.6. The van der Waals surface area contributed by atoms with E-state index >= 15 is 0 Å². The lowest BCUT2D eigenvalue weighted by atomic mass is 10.2. The van der Waals surface area contributed by atoms with Gasteiger partial charge in [0.1, 0.15) is 0 Å². The molecule has 0 atom stereocenters. The minimum absolute atomic E-state index is 0.444. The maximum Gasteiger partial charge on any atom is 0.330 e. The van der Waals surface area contributed by atoms with Gasteiger partial charge in [0.2, 0.25) is 0 Å². The van der Waals surface area contributed by atoms with Gasteiger partial charge in [0.05, 0.1) is 0 Å². The van der Waals surface area contributed by atoms with Crippen LogP contribution in [0.5, 0.6) is 0 Å². The number of hydrogen-bond acceptors (Lipinski definition) is 2. The summed E-state index contributed by atoms with van der Waals surface area (Å²) in [5, 5.41) is 8.68. The molecule has 1 saturated carbocycles. The highest BCUT2D eigenvalue weighted by Crippen LogP contribution is 2.29. The van der Waals surface area contributed by atoms with Gasteiger partial charge in [-0.3, -0.25) is 4.90 Å². The summed E-state index contributed by atoms with van der Waals surface area (Å²) in [6.45, 7) is 6.66. The Morgan fingerprint density at radius 1 is 1.57 bits per heavy atom. The number of aliphatic carboxylic acids is 1. The molecule has 1 rings (SSSR count). The molecule has 0 aromatic carbocycles.